The van der Waals surface area contributed by atoms with Gasteiger partial charge in [-0.15, -0.1) is 11.3 Å². The number of carbonyl (C=O) groups excluding carboxylic acids is 2. The predicted molar refractivity (Wildman–Crippen MR) is 143 cm³/mol. The van der Waals surface area contributed by atoms with Gasteiger partial charge in [-0.05, 0) is 43.9 Å². The summed E-state index contributed by atoms with van der Waals surface area (Å²) in [5.41, 5.74) is 2.30. The summed E-state index contributed by atoms with van der Waals surface area (Å²) in [5, 5.41) is 5.59. The lowest BCUT2D eigenvalue weighted by molar-refractivity contribution is 0.0684. The highest BCUT2D eigenvalue weighted by Gasteiger charge is 2.54. The zero-order valence-electron chi connectivity index (χ0n) is 19.4. The van der Waals surface area contributed by atoms with Crippen LogP contribution in [0.15, 0.2) is 54.7 Å². The summed E-state index contributed by atoms with van der Waals surface area (Å²) in [6, 6.07) is 14.8. The van der Waals surface area contributed by atoms with E-state index in [1.54, 1.807) is 18.3 Å². The number of hydrogen-bond acceptors (Lipinski definition) is 5. The van der Waals surface area contributed by atoms with Crippen LogP contribution in [0.5, 0.6) is 0 Å². The molecule has 9 heteroatoms. The average Bonchev–Trinajstić information content (AvgIpc) is 3.38. The first-order chi connectivity index (χ1) is 17.4. The summed E-state index contributed by atoms with van der Waals surface area (Å²) >= 11 is 14.2. The summed E-state index contributed by atoms with van der Waals surface area (Å²) in [4.78, 5) is 38.6. The second-order valence-corrected chi connectivity index (χ2v) is 11.3. The van der Waals surface area contributed by atoms with Gasteiger partial charge >= 0.3 is 0 Å². The summed E-state index contributed by atoms with van der Waals surface area (Å²) < 4.78 is 0. The maximum Gasteiger partial charge on any atom is 0.274 e. The lowest BCUT2D eigenvalue weighted by Crippen LogP contribution is -2.45. The topological polar surface area (TPSA) is 75.2 Å². The third-order valence-electron chi connectivity index (χ3n) is 6.95. The third-order valence-corrected chi connectivity index (χ3v) is 8.78. The first-order valence-corrected chi connectivity index (χ1v) is 13.4. The Labute approximate surface area is 222 Å². The molecule has 1 saturated carbocycles. The van der Waals surface area contributed by atoms with E-state index in [0.717, 1.165) is 28.1 Å². The van der Waals surface area contributed by atoms with Crippen LogP contribution in [0, 0.1) is 12.8 Å². The number of rotatable bonds is 5. The molecule has 1 aliphatic carbocycles. The number of fused-ring (bicyclic) bond motifs is 2. The van der Waals surface area contributed by atoms with Gasteiger partial charge in [-0.1, -0.05) is 53.5 Å². The number of amides is 2. The quantitative estimate of drug-likeness (QED) is 0.339. The number of para-hydroxylation sites is 1. The number of likely N-dealkylation sites (tertiary alicyclic amines) is 1. The summed E-state index contributed by atoms with van der Waals surface area (Å²) in [6.07, 6.45) is 3.53. The van der Waals surface area contributed by atoms with Gasteiger partial charge in [0.25, 0.3) is 11.8 Å². The van der Waals surface area contributed by atoms with E-state index in [1.807, 2.05) is 48.2 Å². The summed E-state index contributed by atoms with van der Waals surface area (Å²) in [6.45, 7) is 2.25. The molecule has 6 rings (SSSR count). The maximum absolute atomic E-state index is 13.9. The van der Waals surface area contributed by atoms with Gasteiger partial charge < -0.3 is 10.2 Å². The minimum absolute atomic E-state index is 0.0992. The number of nitrogens with one attached hydrogen (secondary N) is 1. The molecule has 0 spiro atoms. The molecule has 3 atom stereocenters. The minimum Gasteiger partial charge on any atom is -0.350 e. The smallest absolute Gasteiger partial charge is 0.274 e. The molecule has 1 saturated heterocycles. The molecule has 0 bridgehead atoms. The maximum atomic E-state index is 13.9. The van der Waals surface area contributed by atoms with Crippen molar-refractivity contribution >= 4 is 57.3 Å². The molecular formula is C27H22Cl2N4O2S. The Bertz CT molecular complexity index is 1520. The van der Waals surface area contributed by atoms with Crippen molar-refractivity contribution in [2.24, 2.45) is 5.92 Å². The van der Waals surface area contributed by atoms with Gasteiger partial charge in [0.1, 0.15) is 5.69 Å². The number of pyridine rings is 1. The summed E-state index contributed by atoms with van der Waals surface area (Å²) in [5.74, 6) is 0.151. The molecule has 3 heterocycles. The molecular weight excluding hydrogens is 515 g/mol. The van der Waals surface area contributed by atoms with E-state index in [9.17, 15) is 9.59 Å². The zero-order valence-corrected chi connectivity index (χ0v) is 21.7. The normalized spacial score (nSPS) is 20.4. The van der Waals surface area contributed by atoms with Crippen LogP contribution in [-0.2, 0) is 0 Å². The molecule has 36 heavy (non-hydrogen) atoms. The van der Waals surface area contributed by atoms with Gasteiger partial charge in [-0.25, -0.2) is 4.98 Å². The Morgan fingerprint density at radius 2 is 1.92 bits per heavy atom. The Hall–Kier alpha value is -3.00. The molecule has 2 fully saturated rings. The summed E-state index contributed by atoms with van der Waals surface area (Å²) in [7, 11) is 0. The standard InChI is InChI=1S/C27H22Cl2N4O2S/c1-14-32-24(25(36-14)18-7-3-9-20(28)22(18)29)27(35)33-17(11-16-12-21(16)33)13-31-26(34)19-8-2-5-15-6-4-10-30-23(15)19/h2-10,16-17,21H,11-13H2,1H3,(H,31,34)/t16-,17+,21+/m1/s1. The molecule has 1 aliphatic heterocycles. The molecule has 182 valence electrons. The van der Waals surface area contributed by atoms with Crippen LogP contribution in [0.4, 0.5) is 0 Å². The largest absolute Gasteiger partial charge is 0.350 e. The third kappa shape index (κ3) is 4.05. The first-order valence-electron chi connectivity index (χ1n) is 11.8. The number of halogens is 2. The van der Waals surface area contributed by atoms with E-state index >= 15 is 0 Å². The van der Waals surface area contributed by atoms with Crippen LogP contribution in [0.25, 0.3) is 21.3 Å². The van der Waals surface area contributed by atoms with Gasteiger partial charge in [0.2, 0.25) is 0 Å². The van der Waals surface area contributed by atoms with E-state index in [-0.39, 0.29) is 23.9 Å². The Balaban J connectivity index is 1.25. The minimum atomic E-state index is -0.192. The number of nitrogens with zero attached hydrogens (tertiary/aromatic N) is 3. The van der Waals surface area contributed by atoms with Crippen molar-refractivity contribution in [3.05, 3.63) is 81.0 Å². The number of aromatic nitrogens is 2. The molecule has 0 radical (unpaired) electrons. The molecule has 4 aromatic rings. The van der Waals surface area contributed by atoms with Crippen molar-refractivity contribution < 1.29 is 9.59 Å². The fraction of sp³-hybridized carbons (Fsp3) is 0.259. The fourth-order valence-corrected chi connectivity index (χ4v) is 6.60. The van der Waals surface area contributed by atoms with E-state index in [2.05, 4.69) is 15.3 Å². The highest BCUT2D eigenvalue weighted by molar-refractivity contribution is 7.15. The monoisotopic (exact) mass is 536 g/mol. The zero-order chi connectivity index (χ0) is 25.0. The molecule has 2 aromatic heterocycles. The van der Waals surface area contributed by atoms with Crippen LogP contribution in [0.1, 0.15) is 38.7 Å². The van der Waals surface area contributed by atoms with Crippen molar-refractivity contribution in [1.29, 1.82) is 0 Å². The van der Waals surface area contributed by atoms with Crippen molar-refractivity contribution in [3.63, 3.8) is 0 Å². The Morgan fingerprint density at radius 1 is 1.11 bits per heavy atom. The fourth-order valence-electron chi connectivity index (χ4n) is 5.21. The number of aryl methyl sites for hydroxylation is 1. The molecule has 1 N–H and O–H groups in total. The van der Waals surface area contributed by atoms with E-state index in [1.165, 1.54) is 11.3 Å². The number of piperidine rings is 1. The molecule has 2 aromatic carbocycles. The second kappa shape index (κ2) is 9.14. The van der Waals surface area contributed by atoms with E-state index in [4.69, 9.17) is 23.2 Å². The Kier molecular flexibility index (Phi) is 5.94. The highest BCUT2D eigenvalue weighted by atomic mass is 35.5. The van der Waals surface area contributed by atoms with Crippen LogP contribution in [0.2, 0.25) is 10.0 Å². The highest BCUT2D eigenvalue weighted by Crippen LogP contribution is 2.49. The average molecular weight is 537 g/mol. The molecule has 6 nitrogen and oxygen atoms in total. The van der Waals surface area contributed by atoms with Crippen molar-refractivity contribution in [1.82, 2.24) is 20.2 Å². The van der Waals surface area contributed by atoms with Crippen LogP contribution >= 0.6 is 34.5 Å². The number of thiazole rings is 1. The van der Waals surface area contributed by atoms with Crippen molar-refractivity contribution in [2.75, 3.05) is 6.54 Å². The SMILES string of the molecule is Cc1nc(C(=O)N2[C@H](CNC(=O)c3cccc4cccnc34)C[C@@H]3C[C@@H]32)c(-c2cccc(Cl)c2Cl)s1. The van der Waals surface area contributed by atoms with Crippen molar-refractivity contribution in [2.45, 2.75) is 31.8 Å². The predicted octanol–water partition coefficient (Wildman–Crippen LogP) is 6.01. The van der Waals surface area contributed by atoms with Crippen LogP contribution in [0.3, 0.4) is 0 Å². The van der Waals surface area contributed by atoms with Gasteiger partial charge in [-0.3, -0.25) is 14.6 Å². The number of benzene rings is 2. The lowest BCUT2D eigenvalue weighted by atomic mass is 10.1. The van der Waals surface area contributed by atoms with Gasteiger partial charge in [0.05, 0.1) is 37.1 Å². The lowest BCUT2D eigenvalue weighted by Gasteiger charge is -2.27. The first kappa shape index (κ1) is 23.4. The molecule has 2 aliphatic rings. The van der Waals surface area contributed by atoms with Gasteiger partial charge in [0, 0.05) is 29.7 Å². The molecule has 0 unspecified atom stereocenters. The van der Waals surface area contributed by atoms with Gasteiger partial charge in [0.15, 0.2) is 0 Å². The number of carbonyl (C=O) groups is 2. The van der Waals surface area contributed by atoms with Crippen LogP contribution in [-0.4, -0.2) is 45.3 Å². The Morgan fingerprint density at radius 3 is 2.78 bits per heavy atom. The van der Waals surface area contributed by atoms with Gasteiger partial charge in [-0.2, -0.15) is 0 Å². The van der Waals surface area contributed by atoms with E-state index < -0.39 is 0 Å². The van der Waals surface area contributed by atoms with Crippen molar-refractivity contribution in [3.8, 4) is 10.4 Å². The molecule has 2 amide bonds. The van der Waals surface area contributed by atoms with E-state index in [0.29, 0.717) is 44.8 Å². The van der Waals surface area contributed by atoms with Crippen LogP contribution < -0.4 is 5.32 Å². The second-order valence-electron chi connectivity index (χ2n) is 9.27. The number of hydrogen-bond donors (Lipinski definition) is 1.